The number of hydrogen-bond donors (Lipinski definition) is 1. The zero-order valence-electron chi connectivity index (χ0n) is 14.6. The van der Waals surface area contributed by atoms with E-state index in [9.17, 15) is 13.2 Å². The van der Waals surface area contributed by atoms with Gasteiger partial charge in [0, 0.05) is 10.5 Å². The number of methoxy groups -OCH3 is 1. The van der Waals surface area contributed by atoms with Crippen LogP contribution in [0.15, 0.2) is 64.4 Å². The fourth-order valence-electron chi connectivity index (χ4n) is 2.53. The van der Waals surface area contributed by atoms with Gasteiger partial charge >= 0.3 is 5.97 Å². The molecule has 0 radical (unpaired) electrons. The highest BCUT2D eigenvalue weighted by molar-refractivity contribution is 7.98. The van der Waals surface area contributed by atoms with Gasteiger partial charge in [0.2, 0.25) is 10.0 Å². The summed E-state index contributed by atoms with van der Waals surface area (Å²) in [5, 5.41) is 9.46. The van der Waals surface area contributed by atoms with Crippen LogP contribution < -0.4 is 5.14 Å². The smallest absolute Gasteiger partial charge is 0.358 e. The number of sulfonamides is 1. The van der Waals surface area contributed by atoms with Crippen LogP contribution in [0.25, 0.3) is 16.9 Å². The lowest BCUT2D eigenvalue weighted by molar-refractivity contribution is 0.0593. The monoisotopic (exact) mass is 403 g/mol. The van der Waals surface area contributed by atoms with E-state index in [4.69, 9.17) is 9.88 Å². The van der Waals surface area contributed by atoms with Gasteiger partial charge in [-0.3, -0.25) is 0 Å². The fraction of sp³-hybridized carbons (Fsp3) is 0.111. The number of rotatable bonds is 5. The Hall–Kier alpha value is -2.62. The minimum Gasteiger partial charge on any atom is -0.464 e. The molecular weight excluding hydrogens is 386 g/mol. The molecule has 1 aromatic heterocycles. The highest BCUT2D eigenvalue weighted by atomic mass is 32.2. The Bertz CT molecular complexity index is 1070. The lowest BCUT2D eigenvalue weighted by Gasteiger charge is -2.09. The average molecular weight is 403 g/mol. The zero-order chi connectivity index (χ0) is 19.6. The maximum atomic E-state index is 11.9. The van der Waals surface area contributed by atoms with E-state index in [1.165, 1.54) is 19.2 Å². The van der Waals surface area contributed by atoms with Gasteiger partial charge in [-0.25, -0.2) is 23.0 Å². The molecule has 0 aliphatic rings. The summed E-state index contributed by atoms with van der Waals surface area (Å²) in [6, 6.07) is 15.4. The van der Waals surface area contributed by atoms with Gasteiger partial charge < -0.3 is 4.74 Å². The lowest BCUT2D eigenvalue weighted by Crippen LogP contribution is -2.12. The molecule has 3 aromatic rings. The van der Waals surface area contributed by atoms with E-state index in [2.05, 4.69) is 5.10 Å². The number of nitrogens with two attached hydrogens (primary N) is 1. The minimum absolute atomic E-state index is 0.00234. The van der Waals surface area contributed by atoms with Crippen LogP contribution in [0, 0.1) is 0 Å². The van der Waals surface area contributed by atoms with Crippen LogP contribution in [-0.4, -0.2) is 37.5 Å². The molecule has 0 aliphatic heterocycles. The molecule has 0 aliphatic carbocycles. The Morgan fingerprint density at radius 1 is 1.11 bits per heavy atom. The molecule has 0 atom stereocenters. The molecule has 2 aromatic carbocycles. The number of aromatic nitrogens is 2. The predicted octanol–water partition coefficient (Wildman–Crippen LogP) is 2.70. The van der Waals surface area contributed by atoms with Crippen LogP contribution in [0.1, 0.15) is 10.5 Å². The summed E-state index contributed by atoms with van der Waals surface area (Å²) >= 11 is 1.63. The molecule has 1 heterocycles. The van der Waals surface area contributed by atoms with Crippen molar-refractivity contribution in [3.05, 3.63) is 60.3 Å². The summed E-state index contributed by atoms with van der Waals surface area (Å²) in [5.74, 6) is -0.558. The Labute approximate surface area is 161 Å². The predicted molar refractivity (Wildman–Crippen MR) is 103 cm³/mol. The summed E-state index contributed by atoms with van der Waals surface area (Å²) in [7, 11) is -2.50. The van der Waals surface area contributed by atoms with Gasteiger partial charge in [0.1, 0.15) is 0 Å². The second-order valence-electron chi connectivity index (χ2n) is 5.59. The minimum atomic E-state index is -3.79. The van der Waals surface area contributed by atoms with E-state index in [1.54, 1.807) is 34.6 Å². The first-order valence-corrected chi connectivity index (χ1v) is 10.6. The number of benzene rings is 2. The number of carbonyl (C=O) groups excluding carboxylic acids is 1. The van der Waals surface area contributed by atoms with Crippen LogP contribution in [0.2, 0.25) is 0 Å². The van der Waals surface area contributed by atoms with Gasteiger partial charge in [0.05, 0.1) is 23.4 Å². The van der Waals surface area contributed by atoms with E-state index in [1.807, 2.05) is 30.5 Å². The third kappa shape index (κ3) is 4.05. The van der Waals surface area contributed by atoms with Crippen LogP contribution in [-0.2, 0) is 14.8 Å². The van der Waals surface area contributed by atoms with Gasteiger partial charge in [0.15, 0.2) is 5.69 Å². The molecule has 2 N–H and O–H groups in total. The quantitative estimate of drug-likeness (QED) is 0.519. The van der Waals surface area contributed by atoms with Crippen molar-refractivity contribution in [3.63, 3.8) is 0 Å². The molecule has 0 spiro atoms. The van der Waals surface area contributed by atoms with Crippen LogP contribution in [0.3, 0.4) is 0 Å². The third-order valence-electron chi connectivity index (χ3n) is 3.90. The number of nitrogens with zero attached hydrogens (tertiary/aromatic N) is 2. The number of primary sulfonamides is 1. The topological polar surface area (TPSA) is 104 Å². The molecule has 0 saturated heterocycles. The standard InChI is InChI=1S/C18H17N3O4S2/c1-25-18(22)16-11-17(12-3-7-14(26-2)8-4-12)21(20-16)13-5-9-15(10-6-13)27(19,23)24/h3-11H,1-2H3,(H2,19,23,24). The zero-order valence-corrected chi connectivity index (χ0v) is 16.3. The van der Waals surface area contributed by atoms with Crippen molar-refractivity contribution in [1.29, 1.82) is 0 Å². The van der Waals surface area contributed by atoms with Crippen LogP contribution in [0.5, 0.6) is 0 Å². The van der Waals surface area contributed by atoms with Crippen molar-refractivity contribution < 1.29 is 17.9 Å². The molecule has 7 nitrogen and oxygen atoms in total. The maximum Gasteiger partial charge on any atom is 0.358 e. The number of hydrogen-bond acceptors (Lipinski definition) is 6. The van der Waals surface area contributed by atoms with E-state index in [0.717, 1.165) is 10.5 Å². The third-order valence-corrected chi connectivity index (χ3v) is 5.57. The van der Waals surface area contributed by atoms with Crippen LogP contribution >= 0.6 is 11.8 Å². The largest absolute Gasteiger partial charge is 0.464 e. The van der Waals surface area contributed by atoms with Crippen molar-refractivity contribution in [2.24, 2.45) is 5.14 Å². The molecule has 3 rings (SSSR count). The van der Waals surface area contributed by atoms with Crippen molar-refractivity contribution in [2.45, 2.75) is 9.79 Å². The fourth-order valence-corrected chi connectivity index (χ4v) is 3.45. The van der Waals surface area contributed by atoms with Crippen molar-refractivity contribution >= 4 is 27.8 Å². The first-order chi connectivity index (χ1) is 12.8. The average Bonchev–Trinajstić information content (AvgIpc) is 3.12. The van der Waals surface area contributed by atoms with E-state index >= 15 is 0 Å². The first-order valence-electron chi connectivity index (χ1n) is 7.79. The maximum absolute atomic E-state index is 11.9. The summed E-state index contributed by atoms with van der Waals surface area (Å²) in [6.07, 6.45) is 1.99. The highest BCUT2D eigenvalue weighted by Crippen LogP contribution is 2.27. The Morgan fingerprint density at radius 2 is 1.74 bits per heavy atom. The molecule has 140 valence electrons. The lowest BCUT2D eigenvalue weighted by atomic mass is 10.1. The van der Waals surface area contributed by atoms with Gasteiger partial charge in [-0.2, -0.15) is 5.10 Å². The van der Waals surface area contributed by atoms with Gasteiger partial charge in [-0.15, -0.1) is 11.8 Å². The molecule has 27 heavy (non-hydrogen) atoms. The molecule has 9 heteroatoms. The molecular formula is C18H17N3O4S2. The number of carbonyl (C=O) groups is 1. The van der Waals surface area contributed by atoms with Crippen molar-refractivity contribution in [3.8, 4) is 16.9 Å². The Morgan fingerprint density at radius 3 is 2.26 bits per heavy atom. The van der Waals surface area contributed by atoms with Crippen molar-refractivity contribution in [1.82, 2.24) is 9.78 Å². The summed E-state index contributed by atoms with van der Waals surface area (Å²) in [5.41, 5.74) is 2.26. The molecule has 0 bridgehead atoms. The van der Waals surface area contributed by atoms with Gasteiger partial charge in [-0.1, -0.05) is 12.1 Å². The van der Waals surface area contributed by atoms with Gasteiger partial charge in [0.25, 0.3) is 0 Å². The molecule has 0 unspecified atom stereocenters. The van der Waals surface area contributed by atoms with E-state index in [-0.39, 0.29) is 10.6 Å². The van der Waals surface area contributed by atoms with Crippen LogP contribution in [0.4, 0.5) is 0 Å². The Kier molecular flexibility index (Phi) is 5.36. The van der Waals surface area contributed by atoms with Crippen molar-refractivity contribution in [2.75, 3.05) is 13.4 Å². The summed E-state index contributed by atoms with van der Waals surface area (Å²) < 4.78 is 29.2. The molecule has 0 amide bonds. The first kappa shape index (κ1) is 19.2. The molecule has 0 saturated carbocycles. The summed E-state index contributed by atoms with van der Waals surface area (Å²) in [4.78, 5) is 13.0. The second kappa shape index (κ2) is 7.55. The van der Waals surface area contributed by atoms with Gasteiger partial charge in [-0.05, 0) is 48.7 Å². The molecule has 0 fully saturated rings. The SMILES string of the molecule is COC(=O)c1cc(-c2ccc(SC)cc2)n(-c2ccc(S(N)(=O)=O)cc2)n1. The second-order valence-corrected chi connectivity index (χ2v) is 8.03. The number of thioether (sulfide) groups is 1. The number of ether oxygens (including phenoxy) is 1. The number of esters is 1. The highest BCUT2D eigenvalue weighted by Gasteiger charge is 2.18. The normalized spacial score (nSPS) is 11.4. The van der Waals surface area contributed by atoms with E-state index in [0.29, 0.717) is 11.4 Å². The van der Waals surface area contributed by atoms with E-state index < -0.39 is 16.0 Å². The summed E-state index contributed by atoms with van der Waals surface area (Å²) in [6.45, 7) is 0. The Balaban J connectivity index is 2.12.